The summed E-state index contributed by atoms with van der Waals surface area (Å²) >= 11 is 0. The van der Waals surface area contributed by atoms with Crippen LogP contribution in [0.4, 0.5) is 0 Å². The molecule has 1 aromatic carbocycles. The molecule has 0 unspecified atom stereocenters. The molecular formula is C17H25N3O. The Kier molecular flexibility index (Phi) is 5.02. The average Bonchev–Trinajstić information content (AvgIpc) is 2.86. The van der Waals surface area contributed by atoms with Gasteiger partial charge in [-0.25, -0.2) is 0 Å². The van der Waals surface area contributed by atoms with E-state index < -0.39 is 0 Å². The topological polar surface area (TPSA) is 39.1 Å². The van der Waals surface area contributed by atoms with E-state index in [1.807, 2.05) is 10.7 Å². The Labute approximate surface area is 127 Å². The van der Waals surface area contributed by atoms with Crippen LogP contribution in [0, 0.1) is 6.92 Å². The van der Waals surface area contributed by atoms with Crippen molar-refractivity contribution in [1.82, 2.24) is 15.1 Å². The van der Waals surface area contributed by atoms with Gasteiger partial charge in [-0.05, 0) is 31.5 Å². The van der Waals surface area contributed by atoms with Gasteiger partial charge in [0.1, 0.15) is 5.75 Å². The van der Waals surface area contributed by atoms with E-state index in [1.165, 1.54) is 16.7 Å². The van der Waals surface area contributed by atoms with Crippen molar-refractivity contribution >= 4 is 0 Å². The molecule has 1 N–H and O–H groups in total. The van der Waals surface area contributed by atoms with Crippen LogP contribution in [0.5, 0.6) is 5.75 Å². The number of ether oxygens (including phenoxy) is 1. The van der Waals surface area contributed by atoms with Gasteiger partial charge in [-0.1, -0.05) is 19.9 Å². The Morgan fingerprint density at radius 2 is 2.10 bits per heavy atom. The van der Waals surface area contributed by atoms with Crippen molar-refractivity contribution in [2.45, 2.75) is 46.8 Å². The van der Waals surface area contributed by atoms with Crippen molar-refractivity contribution in [2.24, 2.45) is 0 Å². The second-order valence-electron chi connectivity index (χ2n) is 5.55. The Balaban J connectivity index is 2.35. The predicted molar refractivity (Wildman–Crippen MR) is 86.6 cm³/mol. The van der Waals surface area contributed by atoms with Gasteiger partial charge in [0, 0.05) is 36.5 Å². The van der Waals surface area contributed by atoms with Gasteiger partial charge in [0.15, 0.2) is 0 Å². The van der Waals surface area contributed by atoms with Gasteiger partial charge in [-0.15, -0.1) is 0 Å². The third kappa shape index (κ3) is 3.64. The van der Waals surface area contributed by atoms with E-state index in [0.717, 1.165) is 24.5 Å². The van der Waals surface area contributed by atoms with E-state index in [2.05, 4.69) is 56.4 Å². The van der Waals surface area contributed by atoms with Crippen molar-refractivity contribution < 1.29 is 4.74 Å². The first-order valence-electron chi connectivity index (χ1n) is 7.49. The number of aryl methyl sites for hydroxylation is 2. The van der Waals surface area contributed by atoms with Crippen LogP contribution in [-0.2, 0) is 13.1 Å². The van der Waals surface area contributed by atoms with E-state index in [-0.39, 0.29) is 0 Å². The van der Waals surface area contributed by atoms with Crippen LogP contribution in [0.25, 0.3) is 11.1 Å². The lowest BCUT2D eigenvalue weighted by Crippen LogP contribution is -2.22. The Bertz CT molecular complexity index is 602. The summed E-state index contributed by atoms with van der Waals surface area (Å²) in [5.41, 5.74) is 4.61. The van der Waals surface area contributed by atoms with Gasteiger partial charge in [0.2, 0.25) is 0 Å². The summed E-state index contributed by atoms with van der Waals surface area (Å²) in [7, 11) is 1.72. The van der Waals surface area contributed by atoms with Crippen LogP contribution < -0.4 is 10.1 Å². The lowest BCUT2D eigenvalue weighted by Gasteiger charge is -2.13. The summed E-state index contributed by atoms with van der Waals surface area (Å²) in [5.74, 6) is 0.924. The van der Waals surface area contributed by atoms with Gasteiger partial charge in [0.25, 0.3) is 0 Å². The molecule has 4 heteroatoms. The van der Waals surface area contributed by atoms with Crippen LogP contribution in [0.15, 0.2) is 24.4 Å². The van der Waals surface area contributed by atoms with E-state index in [4.69, 9.17) is 4.74 Å². The van der Waals surface area contributed by atoms with E-state index in [1.54, 1.807) is 7.11 Å². The van der Waals surface area contributed by atoms with E-state index >= 15 is 0 Å². The van der Waals surface area contributed by atoms with E-state index in [9.17, 15) is 0 Å². The van der Waals surface area contributed by atoms with Crippen LogP contribution in [0.3, 0.4) is 0 Å². The summed E-state index contributed by atoms with van der Waals surface area (Å²) in [5, 5.41) is 7.97. The predicted octanol–water partition coefficient (Wildman–Crippen LogP) is 3.39. The SMILES string of the molecule is CCn1cc(-c2ccc(OC)c(CNC(C)C)c2)c(C)n1. The quantitative estimate of drug-likeness (QED) is 0.885. The normalized spacial score (nSPS) is 11.1. The first-order chi connectivity index (χ1) is 10.0. The summed E-state index contributed by atoms with van der Waals surface area (Å²) < 4.78 is 7.44. The van der Waals surface area contributed by atoms with Crippen molar-refractivity contribution in [1.29, 1.82) is 0 Å². The molecule has 0 aliphatic rings. The van der Waals surface area contributed by atoms with Crippen molar-refractivity contribution in [2.75, 3.05) is 7.11 Å². The zero-order valence-corrected chi connectivity index (χ0v) is 13.6. The number of hydrogen-bond donors (Lipinski definition) is 1. The lowest BCUT2D eigenvalue weighted by molar-refractivity contribution is 0.406. The summed E-state index contributed by atoms with van der Waals surface area (Å²) in [6.45, 7) is 10.1. The highest BCUT2D eigenvalue weighted by molar-refractivity contribution is 5.67. The van der Waals surface area contributed by atoms with Crippen molar-refractivity contribution in [3.8, 4) is 16.9 Å². The second-order valence-corrected chi connectivity index (χ2v) is 5.55. The van der Waals surface area contributed by atoms with Crippen LogP contribution in [0.1, 0.15) is 32.0 Å². The minimum atomic E-state index is 0.447. The maximum absolute atomic E-state index is 5.46. The molecule has 0 atom stereocenters. The Morgan fingerprint density at radius 3 is 2.67 bits per heavy atom. The van der Waals surface area contributed by atoms with Crippen LogP contribution in [0.2, 0.25) is 0 Å². The number of hydrogen-bond acceptors (Lipinski definition) is 3. The number of methoxy groups -OCH3 is 1. The molecule has 0 saturated carbocycles. The average molecular weight is 287 g/mol. The third-order valence-electron chi connectivity index (χ3n) is 3.56. The standard InChI is InChI=1S/C17H25N3O/c1-6-20-11-16(13(4)19-20)14-7-8-17(21-5)15(9-14)10-18-12(2)3/h7-9,11-12,18H,6,10H2,1-5H3. The zero-order chi connectivity index (χ0) is 15.4. The molecule has 2 rings (SSSR count). The molecule has 1 aromatic heterocycles. The molecule has 0 bridgehead atoms. The van der Waals surface area contributed by atoms with E-state index in [0.29, 0.717) is 6.04 Å². The number of benzene rings is 1. The molecule has 4 nitrogen and oxygen atoms in total. The van der Waals surface area contributed by atoms with Crippen LogP contribution in [-0.4, -0.2) is 22.9 Å². The van der Waals surface area contributed by atoms with Gasteiger partial charge in [0.05, 0.1) is 12.8 Å². The largest absolute Gasteiger partial charge is 0.496 e. The third-order valence-corrected chi connectivity index (χ3v) is 3.56. The molecular weight excluding hydrogens is 262 g/mol. The highest BCUT2D eigenvalue weighted by atomic mass is 16.5. The molecule has 114 valence electrons. The fourth-order valence-corrected chi connectivity index (χ4v) is 2.36. The van der Waals surface area contributed by atoms with Crippen LogP contribution >= 0.6 is 0 Å². The number of nitrogens with one attached hydrogen (secondary N) is 1. The smallest absolute Gasteiger partial charge is 0.123 e. The van der Waals surface area contributed by atoms with Gasteiger partial charge >= 0.3 is 0 Å². The van der Waals surface area contributed by atoms with Gasteiger partial charge in [-0.2, -0.15) is 5.10 Å². The molecule has 0 aliphatic heterocycles. The van der Waals surface area contributed by atoms with Gasteiger partial charge in [-0.3, -0.25) is 4.68 Å². The summed E-state index contributed by atoms with van der Waals surface area (Å²) in [6, 6.07) is 6.78. The minimum Gasteiger partial charge on any atom is -0.496 e. The molecule has 2 aromatic rings. The summed E-state index contributed by atoms with van der Waals surface area (Å²) in [6.07, 6.45) is 2.11. The molecule has 1 heterocycles. The highest BCUT2D eigenvalue weighted by Crippen LogP contribution is 2.28. The summed E-state index contributed by atoms with van der Waals surface area (Å²) in [4.78, 5) is 0. The highest BCUT2D eigenvalue weighted by Gasteiger charge is 2.10. The number of nitrogens with zero attached hydrogens (tertiary/aromatic N) is 2. The maximum Gasteiger partial charge on any atom is 0.123 e. The first kappa shape index (κ1) is 15.6. The zero-order valence-electron chi connectivity index (χ0n) is 13.6. The molecule has 0 fully saturated rings. The Hall–Kier alpha value is -1.81. The molecule has 0 amide bonds. The Morgan fingerprint density at radius 1 is 1.33 bits per heavy atom. The second kappa shape index (κ2) is 6.76. The molecule has 0 saturated heterocycles. The fraction of sp³-hybridized carbons (Fsp3) is 0.471. The minimum absolute atomic E-state index is 0.447. The maximum atomic E-state index is 5.46. The fourth-order valence-electron chi connectivity index (χ4n) is 2.36. The molecule has 0 radical (unpaired) electrons. The van der Waals surface area contributed by atoms with Crippen molar-refractivity contribution in [3.63, 3.8) is 0 Å². The monoisotopic (exact) mass is 287 g/mol. The lowest BCUT2D eigenvalue weighted by atomic mass is 10.0. The molecule has 0 aliphatic carbocycles. The van der Waals surface area contributed by atoms with Gasteiger partial charge < -0.3 is 10.1 Å². The van der Waals surface area contributed by atoms with Crippen molar-refractivity contribution in [3.05, 3.63) is 35.7 Å². The number of rotatable bonds is 6. The first-order valence-corrected chi connectivity index (χ1v) is 7.49. The molecule has 21 heavy (non-hydrogen) atoms. The number of aromatic nitrogens is 2. The molecule has 0 spiro atoms.